The predicted octanol–water partition coefficient (Wildman–Crippen LogP) is 8.61. The van der Waals surface area contributed by atoms with Gasteiger partial charge in [-0.1, -0.05) is 80.5 Å². The number of hydrogen-bond acceptors (Lipinski definition) is 3. The van der Waals surface area contributed by atoms with Gasteiger partial charge in [0, 0.05) is 39.0 Å². The van der Waals surface area contributed by atoms with Crippen LogP contribution in [-0.4, -0.2) is 16.0 Å². The average molecular weight is 501 g/mol. The van der Waals surface area contributed by atoms with Gasteiger partial charge in [0.2, 0.25) is 0 Å². The lowest BCUT2D eigenvalue weighted by Crippen LogP contribution is -2.23. The summed E-state index contributed by atoms with van der Waals surface area (Å²) in [5, 5.41) is 23.4. The molecule has 0 heterocycles. The maximum Gasteiger partial charge on any atom is 0.190 e. The van der Waals surface area contributed by atoms with E-state index in [2.05, 4.69) is 41.5 Å². The summed E-state index contributed by atoms with van der Waals surface area (Å²) in [6, 6.07) is 7.86. The van der Waals surface area contributed by atoms with Crippen LogP contribution in [0.5, 0.6) is 11.5 Å². The van der Waals surface area contributed by atoms with Crippen LogP contribution < -0.4 is 0 Å². The fraction of sp³-hybridized carbons (Fsp3) is 0.441. The van der Waals surface area contributed by atoms with Crippen LogP contribution in [0.25, 0.3) is 5.57 Å². The van der Waals surface area contributed by atoms with Crippen LogP contribution in [-0.2, 0) is 15.6 Å². The van der Waals surface area contributed by atoms with Gasteiger partial charge in [-0.3, -0.25) is 4.79 Å². The number of aryl methyl sites for hydroxylation is 2. The molecule has 0 aliphatic heterocycles. The van der Waals surface area contributed by atoms with Crippen molar-refractivity contribution in [3.8, 4) is 11.5 Å². The number of hydrogen-bond donors (Lipinski definition) is 2. The highest BCUT2D eigenvalue weighted by molar-refractivity contribution is 6.19. The maximum absolute atomic E-state index is 14.1. The smallest absolute Gasteiger partial charge is 0.190 e. The molecule has 0 saturated carbocycles. The van der Waals surface area contributed by atoms with Crippen molar-refractivity contribution < 1.29 is 15.0 Å². The van der Waals surface area contributed by atoms with Crippen molar-refractivity contribution in [1.29, 1.82) is 0 Å². The molecule has 0 bridgehead atoms. The summed E-state index contributed by atoms with van der Waals surface area (Å²) in [6.07, 6.45) is 3.85. The van der Waals surface area contributed by atoms with Gasteiger partial charge >= 0.3 is 0 Å². The van der Waals surface area contributed by atoms with E-state index in [9.17, 15) is 15.0 Å². The molecule has 0 fully saturated rings. The van der Waals surface area contributed by atoms with Crippen molar-refractivity contribution in [2.24, 2.45) is 5.41 Å². The molecule has 0 atom stereocenters. The van der Waals surface area contributed by atoms with Crippen LogP contribution in [0.2, 0.25) is 0 Å². The Morgan fingerprint density at radius 2 is 1.03 bits per heavy atom. The van der Waals surface area contributed by atoms with Crippen LogP contribution >= 0.6 is 0 Å². The van der Waals surface area contributed by atoms with Crippen molar-refractivity contribution >= 4 is 11.4 Å². The molecule has 37 heavy (non-hydrogen) atoms. The SMILES string of the molecule is CC1=CC(=C(c2cc(C)cc(C(C)(C)C)c2O)c2cc(C)cc(C(C)(C)C)c2O)C(=O)C(C(C)(C)C)=C1. The number of benzene rings is 2. The van der Waals surface area contributed by atoms with E-state index in [0.717, 1.165) is 27.8 Å². The van der Waals surface area contributed by atoms with E-state index < -0.39 is 0 Å². The first-order valence-electron chi connectivity index (χ1n) is 13.1. The number of allylic oxidation sites excluding steroid dienone is 5. The van der Waals surface area contributed by atoms with Gasteiger partial charge in [0.15, 0.2) is 5.78 Å². The second-order valence-electron chi connectivity index (χ2n) is 13.7. The van der Waals surface area contributed by atoms with Crippen LogP contribution in [0.3, 0.4) is 0 Å². The summed E-state index contributed by atoms with van der Waals surface area (Å²) < 4.78 is 0. The molecule has 1 aliphatic carbocycles. The molecule has 1 aliphatic rings. The van der Waals surface area contributed by atoms with Gasteiger partial charge in [0.1, 0.15) is 11.5 Å². The second-order valence-corrected chi connectivity index (χ2v) is 13.7. The Morgan fingerprint density at radius 3 is 1.38 bits per heavy atom. The average Bonchev–Trinajstić information content (AvgIpc) is 2.72. The molecule has 3 heteroatoms. The Balaban J connectivity index is 2.59. The fourth-order valence-electron chi connectivity index (χ4n) is 5.03. The number of phenolic OH excluding ortho intramolecular Hbond substituents is 2. The molecule has 3 rings (SSSR count). The maximum atomic E-state index is 14.1. The van der Waals surface area contributed by atoms with E-state index in [0.29, 0.717) is 27.8 Å². The van der Waals surface area contributed by atoms with Gasteiger partial charge in [-0.2, -0.15) is 0 Å². The van der Waals surface area contributed by atoms with Crippen LogP contribution in [0.15, 0.2) is 53.1 Å². The first-order chi connectivity index (χ1) is 16.7. The molecule has 3 nitrogen and oxygen atoms in total. The highest BCUT2D eigenvalue weighted by Gasteiger charge is 2.33. The Labute approximate surface area is 223 Å². The third-order valence-electron chi connectivity index (χ3n) is 6.97. The van der Waals surface area contributed by atoms with Crippen molar-refractivity contribution in [3.05, 3.63) is 86.5 Å². The molecule has 2 aromatic rings. The topological polar surface area (TPSA) is 57.5 Å². The molecular formula is C34H44O3. The summed E-state index contributed by atoms with van der Waals surface area (Å²) in [7, 11) is 0. The van der Waals surface area contributed by atoms with E-state index >= 15 is 0 Å². The lowest BCUT2D eigenvalue weighted by atomic mass is 9.74. The summed E-state index contributed by atoms with van der Waals surface area (Å²) >= 11 is 0. The molecule has 0 aromatic heterocycles. The number of ketones is 1. The largest absolute Gasteiger partial charge is 0.507 e. The minimum absolute atomic E-state index is 0.0791. The highest BCUT2D eigenvalue weighted by atomic mass is 16.3. The molecular weight excluding hydrogens is 456 g/mol. The minimum atomic E-state index is -0.362. The van der Waals surface area contributed by atoms with Gasteiger partial charge in [0.05, 0.1) is 0 Å². The van der Waals surface area contributed by atoms with Gasteiger partial charge in [-0.05, 0) is 71.9 Å². The van der Waals surface area contributed by atoms with Crippen molar-refractivity contribution in [2.75, 3.05) is 0 Å². The number of Topliss-reactive ketones (excluding diaryl/α,β-unsaturated/α-hetero) is 1. The summed E-state index contributed by atoms with van der Waals surface area (Å²) in [6.45, 7) is 24.5. The predicted molar refractivity (Wildman–Crippen MR) is 155 cm³/mol. The quantitative estimate of drug-likeness (QED) is 0.406. The highest BCUT2D eigenvalue weighted by Crippen LogP contribution is 2.47. The monoisotopic (exact) mass is 500 g/mol. The Kier molecular flexibility index (Phi) is 7.20. The zero-order valence-corrected chi connectivity index (χ0v) is 24.8. The molecule has 0 saturated heterocycles. The van der Waals surface area contributed by atoms with E-state index in [4.69, 9.17) is 0 Å². The van der Waals surface area contributed by atoms with E-state index in [1.807, 2.05) is 78.0 Å². The molecule has 0 unspecified atom stereocenters. The zero-order valence-electron chi connectivity index (χ0n) is 24.8. The second kappa shape index (κ2) is 9.35. The lowest BCUT2D eigenvalue weighted by molar-refractivity contribution is -0.112. The van der Waals surface area contributed by atoms with Crippen molar-refractivity contribution in [2.45, 2.75) is 93.9 Å². The van der Waals surface area contributed by atoms with E-state index in [1.54, 1.807) is 0 Å². The number of carbonyl (C=O) groups excluding carboxylic acids is 1. The summed E-state index contributed by atoms with van der Waals surface area (Å²) in [5.74, 6) is 0.207. The van der Waals surface area contributed by atoms with Crippen LogP contribution in [0.4, 0.5) is 0 Å². The number of phenols is 2. The third-order valence-corrected chi connectivity index (χ3v) is 6.97. The van der Waals surface area contributed by atoms with Crippen LogP contribution in [0.1, 0.15) is 103 Å². The normalized spacial score (nSPS) is 15.0. The lowest BCUT2D eigenvalue weighted by Gasteiger charge is -2.29. The Morgan fingerprint density at radius 1 is 0.622 bits per heavy atom. The molecule has 0 amide bonds. The van der Waals surface area contributed by atoms with Crippen molar-refractivity contribution in [3.63, 3.8) is 0 Å². The number of rotatable bonds is 2. The Hall–Kier alpha value is -3.07. The summed E-state index contributed by atoms with van der Waals surface area (Å²) in [4.78, 5) is 14.1. The zero-order chi connectivity index (χ0) is 28.2. The fourth-order valence-corrected chi connectivity index (χ4v) is 5.03. The number of aromatic hydroxyl groups is 2. The van der Waals surface area contributed by atoms with E-state index in [1.165, 1.54) is 0 Å². The first-order valence-corrected chi connectivity index (χ1v) is 13.1. The number of carbonyl (C=O) groups is 1. The minimum Gasteiger partial charge on any atom is -0.507 e. The molecule has 198 valence electrons. The first kappa shape index (κ1) is 28.5. The summed E-state index contributed by atoms with van der Waals surface area (Å²) in [5.41, 5.74) is 6.44. The standard InChI is InChI=1S/C34H44O3/c1-19-13-22(29(35)25(16-19)32(4,5)6)28(23-14-20(2)17-26(30(23)36)33(7,8)9)24-15-21(3)18-27(31(24)37)34(10,11)12/h13-18,35-36H,1-12H3. The molecule has 0 radical (unpaired) electrons. The van der Waals surface area contributed by atoms with Gasteiger partial charge < -0.3 is 10.2 Å². The van der Waals surface area contributed by atoms with Crippen molar-refractivity contribution in [1.82, 2.24) is 0 Å². The molecule has 2 N–H and O–H groups in total. The van der Waals surface area contributed by atoms with Gasteiger partial charge in [-0.15, -0.1) is 0 Å². The van der Waals surface area contributed by atoms with Gasteiger partial charge in [-0.25, -0.2) is 0 Å². The Bertz CT molecular complexity index is 1290. The van der Waals surface area contributed by atoms with E-state index in [-0.39, 0.29) is 33.5 Å². The molecule has 2 aromatic carbocycles. The molecule has 0 spiro atoms. The van der Waals surface area contributed by atoms with Crippen LogP contribution in [0, 0.1) is 19.3 Å². The third kappa shape index (κ3) is 5.61. The van der Waals surface area contributed by atoms with Gasteiger partial charge in [0.25, 0.3) is 0 Å².